The first-order valence-electron chi connectivity index (χ1n) is 8.74. The Morgan fingerprint density at radius 1 is 1.24 bits per heavy atom. The molecule has 0 saturated heterocycles. The predicted octanol–water partition coefficient (Wildman–Crippen LogP) is 4.15. The van der Waals surface area contributed by atoms with Crippen molar-refractivity contribution in [1.82, 2.24) is 9.88 Å². The summed E-state index contributed by atoms with van der Waals surface area (Å²) in [6, 6.07) is 13.4. The maximum absolute atomic E-state index is 12.5. The maximum Gasteiger partial charge on any atom is 0.268 e. The molecule has 0 aliphatic carbocycles. The Kier molecular flexibility index (Phi) is 5.43. The van der Waals surface area contributed by atoms with Gasteiger partial charge in [-0.25, -0.2) is 0 Å². The molecule has 0 atom stereocenters. The van der Waals surface area contributed by atoms with Crippen LogP contribution >= 0.6 is 0 Å². The number of aromatic nitrogens is 1. The van der Waals surface area contributed by atoms with E-state index in [2.05, 4.69) is 12.2 Å². The molecule has 25 heavy (non-hydrogen) atoms. The topological polar surface area (TPSA) is 56.4 Å². The number of benzene rings is 1. The second-order valence-electron chi connectivity index (χ2n) is 6.06. The smallest absolute Gasteiger partial charge is 0.268 e. The number of nitrogens with zero attached hydrogens (tertiary/aromatic N) is 1. The van der Waals surface area contributed by atoms with E-state index < -0.39 is 0 Å². The zero-order chi connectivity index (χ0) is 17.6. The molecule has 0 aliphatic heterocycles. The van der Waals surface area contributed by atoms with Gasteiger partial charge in [0.1, 0.15) is 23.8 Å². The molecule has 132 valence electrons. The Morgan fingerprint density at radius 3 is 2.80 bits per heavy atom. The van der Waals surface area contributed by atoms with Gasteiger partial charge < -0.3 is 19.0 Å². The number of amides is 1. The Labute approximate surface area is 147 Å². The highest BCUT2D eigenvalue weighted by atomic mass is 16.5. The van der Waals surface area contributed by atoms with E-state index in [1.165, 1.54) is 0 Å². The van der Waals surface area contributed by atoms with E-state index in [-0.39, 0.29) is 5.91 Å². The Morgan fingerprint density at radius 2 is 2.04 bits per heavy atom. The third-order valence-electron chi connectivity index (χ3n) is 4.09. The molecule has 0 saturated carbocycles. The summed E-state index contributed by atoms with van der Waals surface area (Å²) in [5.74, 6) is 1.58. The van der Waals surface area contributed by atoms with E-state index in [1.807, 2.05) is 54.0 Å². The number of para-hydroxylation sites is 1. The van der Waals surface area contributed by atoms with Crippen LogP contribution in [0.5, 0.6) is 5.75 Å². The molecule has 0 fully saturated rings. The molecule has 1 aromatic carbocycles. The van der Waals surface area contributed by atoms with Crippen LogP contribution in [-0.4, -0.2) is 23.6 Å². The SMILES string of the molecule is CCCCNC(=O)c1cc2oc(C)cc2n1CCOc1ccccc1. The highest BCUT2D eigenvalue weighted by Gasteiger charge is 2.18. The number of hydrogen-bond acceptors (Lipinski definition) is 3. The Balaban J connectivity index is 1.76. The van der Waals surface area contributed by atoms with Crippen molar-refractivity contribution in [3.05, 3.63) is 53.9 Å². The number of rotatable bonds is 8. The van der Waals surface area contributed by atoms with E-state index in [1.54, 1.807) is 0 Å². The number of carbonyl (C=O) groups excluding carboxylic acids is 1. The number of hydrogen-bond donors (Lipinski definition) is 1. The molecule has 3 aromatic rings. The summed E-state index contributed by atoms with van der Waals surface area (Å²) in [7, 11) is 0. The fourth-order valence-electron chi connectivity index (χ4n) is 2.83. The van der Waals surface area contributed by atoms with Gasteiger partial charge in [-0.15, -0.1) is 0 Å². The van der Waals surface area contributed by atoms with E-state index >= 15 is 0 Å². The first kappa shape index (κ1) is 17.1. The first-order valence-corrected chi connectivity index (χ1v) is 8.74. The lowest BCUT2D eigenvalue weighted by Crippen LogP contribution is -2.27. The molecule has 0 spiro atoms. The van der Waals surface area contributed by atoms with Gasteiger partial charge in [0.25, 0.3) is 5.91 Å². The van der Waals surface area contributed by atoms with Crippen LogP contribution in [0.4, 0.5) is 0 Å². The summed E-state index contributed by atoms with van der Waals surface area (Å²) in [5, 5.41) is 2.97. The van der Waals surface area contributed by atoms with Gasteiger partial charge in [0.15, 0.2) is 5.58 Å². The Bertz CT molecular complexity index is 833. The summed E-state index contributed by atoms with van der Waals surface area (Å²) < 4.78 is 13.4. The molecule has 0 aliphatic rings. The molecular weight excluding hydrogens is 316 g/mol. The van der Waals surface area contributed by atoms with Crippen LogP contribution in [0, 0.1) is 6.92 Å². The van der Waals surface area contributed by atoms with Crippen molar-refractivity contribution < 1.29 is 13.9 Å². The van der Waals surface area contributed by atoms with Gasteiger partial charge in [-0.2, -0.15) is 0 Å². The molecule has 1 amide bonds. The molecule has 2 heterocycles. The van der Waals surface area contributed by atoms with Gasteiger partial charge in [0, 0.05) is 18.7 Å². The normalized spacial score (nSPS) is 11.0. The van der Waals surface area contributed by atoms with E-state index in [0.29, 0.717) is 25.4 Å². The molecule has 3 rings (SSSR count). The van der Waals surface area contributed by atoms with Crippen LogP contribution < -0.4 is 10.1 Å². The van der Waals surface area contributed by atoms with E-state index in [0.717, 1.165) is 35.5 Å². The molecule has 0 bridgehead atoms. The van der Waals surface area contributed by atoms with Gasteiger partial charge in [0.2, 0.25) is 0 Å². The molecule has 2 aromatic heterocycles. The molecule has 1 N–H and O–H groups in total. The third kappa shape index (κ3) is 4.05. The van der Waals surface area contributed by atoms with Crippen LogP contribution in [0.15, 0.2) is 46.9 Å². The molecule has 5 heteroatoms. The fourth-order valence-corrected chi connectivity index (χ4v) is 2.83. The average molecular weight is 340 g/mol. The van der Waals surface area contributed by atoms with Crippen molar-refractivity contribution >= 4 is 17.0 Å². The van der Waals surface area contributed by atoms with Crippen molar-refractivity contribution in [3.8, 4) is 5.75 Å². The minimum absolute atomic E-state index is 0.0720. The molecule has 0 radical (unpaired) electrons. The highest BCUT2D eigenvalue weighted by molar-refractivity contribution is 5.97. The fraction of sp³-hybridized carbons (Fsp3) is 0.350. The van der Waals surface area contributed by atoms with Crippen molar-refractivity contribution in [3.63, 3.8) is 0 Å². The lowest BCUT2D eigenvalue weighted by molar-refractivity contribution is 0.0943. The number of nitrogens with one attached hydrogen (secondary N) is 1. The van der Waals surface area contributed by atoms with Crippen molar-refractivity contribution in [2.24, 2.45) is 0 Å². The monoisotopic (exact) mass is 340 g/mol. The quantitative estimate of drug-likeness (QED) is 0.627. The summed E-state index contributed by atoms with van der Waals surface area (Å²) in [6.45, 7) is 5.75. The summed E-state index contributed by atoms with van der Waals surface area (Å²) in [5.41, 5.74) is 2.27. The minimum Gasteiger partial charge on any atom is -0.492 e. The van der Waals surface area contributed by atoms with E-state index in [4.69, 9.17) is 9.15 Å². The highest BCUT2D eigenvalue weighted by Crippen LogP contribution is 2.24. The standard InChI is InChI=1S/C20H24N2O3/c1-3-4-10-21-20(23)18-14-19-17(13-15(2)25-19)22(18)11-12-24-16-8-6-5-7-9-16/h5-9,13-14H,3-4,10-12H2,1-2H3,(H,21,23). The number of ether oxygens (including phenoxy) is 1. The second kappa shape index (κ2) is 7.92. The zero-order valence-electron chi connectivity index (χ0n) is 14.7. The number of furan rings is 1. The van der Waals surface area contributed by atoms with Crippen LogP contribution in [0.2, 0.25) is 0 Å². The average Bonchev–Trinajstić information content (AvgIpc) is 3.13. The van der Waals surface area contributed by atoms with Crippen LogP contribution in [0.25, 0.3) is 11.1 Å². The number of aryl methyl sites for hydroxylation is 1. The van der Waals surface area contributed by atoms with Crippen molar-refractivity contribution in [2.75, 3.05) is 13.2 Å². The van der Waals surface area contributed by atoms with Crippen LogP contribution in [-0.2, 0) is 6.54 Å². The zero-order valence-corrected chi connectivity index (χ0v) is 14.7. The van der Waals surface area contributed by atoms with Gasteiger partial charge in [-0.05, 0) is 25.5 Å². The van der Waals surface area contributed by atoms with Gasteiger partial charge in [-0.1, -0.05) is 31.5 Å². The lowest BCUT2D eigenvalue weighted by Gasteiger charge is -2.11. The summed E-state index contributed by atoms with van der Waals surface area (Å²) in [4.78, 5) is 12.5. The van der Waals surface area contributed by atoms with Gasteiger partial charge in [-0.3, -0.25) is 4.79 Å². The summed E-state index contributed by atoms with van der Waals surface area (Å²) >= 11 is 0. The molecule has 0 unspecified atom stereocenters. The number of fused-ring (bicyclic) bond motifs is 1. The third-order valence-corrected chi connectivity index (χ3v) is 4.09. The van der Waals surface area contributed by atoms with E-state index in [9.17, 15) is 4.79 Å². The lowest BCUT2D eigenvalue weighted by atomic mass is 10.3. The summed E-state index contributed by atoms with van der Waals surface area (Å²) in [6.07, 6.45) is 2.02. The van der Waals surface area contributed by atoms with Gasteiger partial charge >= 0.3 is 0 Å². The molecule has 5 nitrogen and oxygen atoms in total. The van der Waals surface area contributed by atoms with Crippen molar-refractivity contribution in [2.45, 2.75) is 33.2 Å². The van der Waals surface area contributed by atoms with Crippen LogP contribution in [0.3, 0.4) is 0 Å². The van der Waals surface area contributed by atoms with Crippen molar-refractivity contribution in [1.29, 1.82) is 0 Å². The number of unbranched alkanes of at least 4 members (excludes halogenated alkanes) is 1. The largest absolute Gasteiger partial charge is 0.492 e. The first-order chi connectivity index (χ1) is 12.2. The maximum atomic E-state index is 12.5. The second-order valence-corrected chi connectivity index (χ2v) is 6.06. The minimum atomic E-state index is -0.0720. The number of carbonyl (C=O) groups is 1. The van der Waals surface area contributed by atoms with Gasteiger partial charge in [0.05, 0.1) is 12.1 Å². The van der Waals surface area contributed by atoms with Crippen LogP contribution in [0.1, 0.15) is 36.0 Å². The Hall–Kier alpha value is -2.69. The predicted molar refractivity (Wildman–Crippen MR) is 98.1 cm³/mol. The molecular formula is C20H24N2O3.